The molecule has 0 heterocycles. The SMILES string of the molecule is CC(=O)CCCCOc1ccc2cc(Br)ccc2c1. The Morgan fingerprint density at radius 1 is 1.11 bits per heavy atom. The van der Waals surface area contributed by atoms with E-state index in [1.807, 2.05) is 18.2 Å². The zero-order valence-corrected chi connectivity index (χ0v) is 12.6. The number of fused-ring (bicyclic) bond motifs is 1. The number of rotatable bonds is 6. The lowest BCUT2D eigenvalue weighted by molar-refractivity contribution is -0.117. The Hall–Kier alpha value is -1.35. The van der Waals surface area contributed by atoms with Crippen LogP contribution >= 0.6 is 15.9 Å². The lowest BCUT2D eigenvalue weighted by Gasteiger charge is -2.07. The van der Waals surface area contributed by atoms with Gasteiger partial charge >= 0.3 is 0 Å². The van der Waals surface area contributed by atoms with Gasteiger partial charge in [0.15, 0.2) is 0 Å². The van der Waals surface area contributed by atoms with Gasteiger partial charge in [-0.3, -0.25) is 0 Å². The second-order valence-corrected chi connectivity index (χ2v) is 5.58. The zero-order chi connectivity index (χ0) is 13.7. The largest absolute Gasteiger partial charge is 0.494 e. The average molecular weight is 321 g/mol. The van der Waals surface area contributed by atoms with E-state index in [2.05, 4.69) is 34.1 Å². The highest BCUT2D eigenvalue weighted by Gasteiger charge is 1.99. The van der Waals surface area contributed by atoms with E-state index in [9.17, 15) is 4.79 Å². The van der Waals surface area contributed by atoms with Crippen molar-refractivity contribution in [3.8, 4) is 5.75 Å². The Morgan fingerprint density at radius 3 is 2.63 bits per heavy atom. The third kappa shape index (κ3) is 4.35. The fourth-order valence-electron chi connectivity index (χ4n) is 1.95. The van der Waals surface area contributed by atoms with Crippen LogP contribution in [0.1, 0.15) is 26.2 Å². The molecule has 0 spiro atoms. The van der Waals surface area contributed by atoms with Crippen LogP contribution in [-0.4, -0.2) is 12.4 Å². The molecule has 0 aliphatic carbocycles. The highest BCUT2D eigenvalue weighted by Crippen LogP contribution is 2.24. The molecule has 2 nitrogen and oxygen atoms in total. The van der Waals surface area contributed by atoms with Gasteiger partial charge in [0.05, 0.1) is 6.61 Å². The Labute approximate surface area is 121 Å². The number of carbonyl (C=O) groups is 1. The van der Waals surface area contributed by atoms with E-state index >= 15 is 0 Å². The quantitative estimate of drug-likeness (QED) is 0.718. The maximum Gasteiger partial charge on any atom is 0.129 e. The third-order valence-corrected chi connectivity index (χ3v) is 3.46. The number of halogens is 1. The summed E-state index contributed by atoms with van der Waals surface area (Å²) in [6, 6.07) is 12.3. The van der Waals surface area contributed by atoms with E-state index in [1.54, 1.807) is 6.92 Å². The minimum atomic E-state index is 0.247. The van der Waals surface area contributed by atoms with Gasteiger partial charge in [-0.05, 0) is 54.8 Å². The van der Waals surface area contributed by atoms with Gasteiger partial charge in [-0.25, -0.2) is 0 Å². The number of Topliss-reactive ketones (excluding diaryl/α,β-unsaturated/α-hetero) is 1. The van der Waals surface area contributed by atoms with Gasteiger partial charge in [0.25, 0.3) is 0 Å². The normalized spacial score (nSPS) is 10.6. The van der Waals surface area contributed by atoms with Crippen molar-refractivity contribution < 1.29 is 9.53 Å². The molecule has 0 unspecified atom stereocenters. The molecule has 2 aromatic carbocycles. The summed E-state index contributed by atoms with van der Waals surface area (Å²) < 4.78 is 6.78. The minimum absolute atomic E-state index is 0.247. The van der Waals surface area contributed by atoms with Crippen LogP contribution in [0.2, 0.25) is 0 Å². The van der Waals surface area contributed by atoms with E-state index in [-0.39, 0.29) is 5.78 Å². The first-order valence-electron chi connectivity index (χ1n) is 6.47. The molecule has 0 N–H and O–H groups in total. The number of hydrogen-bond donors (Lipinski definition) is 0. The molecule has 3 heteroatoms. The maximum atomic E-state index is 10.8. The summed E-state index contributed by atoms with van der Waals surface area (Å²) >= 11 is 3.46. The van der Waals surface area contributed by atoms with Crippen molar-refractivity contribution in [1.29, 1.82) is 0 Å². The standard InChI is InChI=1S/C16H17BrO2/c1-12(18)4-2-3-9-19-16-8-6-13-10-15(17)7-5-14(13)11-16/h5-8,10-11H,2-4,9H2,1H3. The van der Waals surface area contributed by atoms with Crippen molar-refractivity contribution >= 4 is 32.5 Å². The Balaban J connectivity index is 1.91. The summed E-state index contributed by atoms with van der Waals surface area (Å²) in [5, 5.41) is 2.36. The number of hydrogen-bond acceptors (Lipinski definition) is 2. The second-order valence-electron chi connectivity index (χ2n) is 4.66. The first kappa shape index (κ1) is 14.1. The first-order valence-corrected chi connectivity index (χ1v) is 7.26. The van der Waals surface area contributed by atoms with Crippen LogP contribution in [0.25, 0.3) is 10.8 Å². The molecule has 0 aromatic heterocycles. The molecular weight excluding hydrogens is 304 g/mol. The van der Waals surface area contributed by atoms with Crippen molar-refractivity contribution in [2.75, 3.05) is 6.61 Å². The molecule has 0 aliphatic rings. The average Bonchev–Trinajstić information content (AvgIpc) is 2.38. The monoisotopic (exact) mass is 320 g/mol. The molecule has 0 aliphatic heterocycles. The molecule has 0 amide bonds. The fraction of sp³-hybridized carbons (Fsp3) is 0.312. The highest BCUT2D eigenvalue weighted by atomic mass is 79.9. The highest BCUT2D eigenvalue weighted by molar-refractivity contribution is 9.10. The van der Waals surface area contributed by atoms with Crippen LogP contribution in [-0.2, 0) is 4.79 Å². The van der Waals surface area contributed by atoms with Crippen LogP contribution in [0.15, 0.2) is 40.9 Å². The number of ketones is 1. The number of benzene rings is 2. The number of unbranched alkanes of at least 4 members (excludes halogenated alkanes) is 1. The molecule has 0 saturated heterocycles. The lowest BCUT2D eigenvalue weighted by atomic mass is 10.1. The molecule has 0 atom stereocenters. The molecule has 2 rings (SSSR count). The van der Waals surface area contributed by atoms with Crippen LogP contribution in [0.3, 0.4) is 0 Å². The van der Waals surface area contributed by atoms with Crippen LogP contribution in [0, 0.1) is 0 Å². The molecule has 0 bridgehead atoms. The zero-order valence-electron chi connectivity index (χ0n) is 11.0. The van der Waals surface area contributed by atoms with Gasteiger partial charge in [-0.2, -0.15) is 0 Å². The lowest BCUT2D eigenvalue weighted by Crippen LogP contribution is -1.99. The van der Waals surface area contributed by atoms with E-state index in [4.69, 9.17) is 4.74 Å². The van der Waals surface area contributed by atoms with E-state index in [0.717, 1.165) is 23.1 Å². The predicted octanol–water partition coefficient (Wildman–Crippen LogP) is 4.74. The predicted molar refractivity (Wildman–Crippen MR) is 81.7 cm³/mol. The summed E-state index contributed by atoms with van der Waals surface area (Å²) in [7, 11) is 0. The second kappa shape index (κ2) is 6.71. The molecule has 19 heavy (non-hydrogen) atoms. The van der Waals surface area contributed by atoms with E-state index in [1.165, 1.54) is 10.8 Å². The van der Waals surface area contributed by atoms with Crippen molar-refractivity contribution in [2.45, 2.75) is 26.2 Å². The van der Waals surface area contributed by atoms with Gasteiger partial charge < -0.3 is 9.53 Å². The molecule has 0 saturated carbocycles. The number of carbonyl (C=O) groups excluding carboxylic acids is 1. The van der Waals surface area contributed by atoms with Crippen molar-refractivity contribution in [1.82, 2.24) is 0 Å². The molecule has 0 fully saturated rings. The molecular formula is C16H17BrO2. The Bertz CT molecular complexity index is 578. The van der Waals surface area contributed by atoms with Crippen LogP contribution < -0.4 is 4.74 Å². The number of ether oxygens (including phenoxy) is 1. The molecule has 2 aromatic rings. The van der Waals surface area contributed by atoms with Gasteiger partial charge in [0.1, 0.15) is 11.5 Å². The topological polar surface area (TPSA) is 26.3 Å². The smallest absolute Gasteiger partial charge is 0.129 e. The Kier molecular flexibility index (Phi) is 4.97. The van der Waals surface area contributed by atoms with Gasteiger partial charge in [-0.15, -0.1) is 0 Å². The Morgan fingerprint density at radius 2 is 1.84 bits per heavy atom. The summed E-state index contributed by atoms with van der Waals surface area (Å²) in [5.74, 6) is 1.13. The summed E-state index contributed by atoms with van der Waals surface area (Å²) in [6.07, 6.45) is 2.46. The fourth-order valence-corrected chi connectivity index (χ4v) is 2.33. The van der Waals surface area contributed by atoms with Crippen molar-refractivity contribution in [3.63, 3.8) is 0 Å². The van der Waals surface area contributed by atoms with Crippen LogP contribution in [0.4, 0.5) is 0 Å². The summed E-state index contributed by atoms with van der Waals surface area (Å²) in [4.78, 5) is 10.8. The first-order chi connectivity index (χ1) is 9.15. The molecule has 100 valence electrons. The summed E-state index contributed by atoms with van der Waals surface area (Å²) in [6.45, 7) is 2.29. The van der Waals surface area contributed by atoms with Crippen molar-refractivity contribution in [2.24, 2.45) is 0 Å². The van der Waals surface area contributed by atoms with E-state index in [0.29, 0.717) is 13.0 Å². The van der Waals surface area contributed by atoms with Crippen LogP contribution in [0.5, 0.6) is 5.75 Å². The van der Waals surface area contributed by atoms with Gasteiger partial charge in [0.2, 0.25) is 0 Å². The van der Waals surface area contributed by atoms with Gasteiger partial charge in [0, 0.05) is 10.9 Å². The maximum absolute atomic E-state index is 10.8. The minimum Gasteiger partial charge on any atom is -0.494 e. The molecule has 0 radical (unpaired) electrons. The van der Waals surface area contributed by atoms with E-state index < -0.39 is 0 Å². The van der Waals surface area contributed by atoms with Gasteiger partial charge in [-0.1, -0.05) is 28.1 Å². The summed E-state index contributed by atoms with van der Waals surface area (Å²) in [5.41, 5.74) is 0. The third-order valence-electron chi connectivity index (χ3n) is 2.97. The van der Waals surface area contributed by atoms with Crippen molar-refractivity contribution in [3.05, 3.63) is 40.9 Å².